The van der Waals surface area contributed by atoms with Crippen LogP contribution in [0.1, 0.15) is 20.3 Å². The standard InChI is InChI=1S/C22H24N2O4S2/c1-15(2)12-21(25)23-22-24(19-13-30(26,27)14-20(19)29-22)16-8-10-18(11-9-16)28-17-6-4-3-5-7-17/h3-11,15,19-20H,12-14H2,1-2H3/t19-,20-/m1/s1. The van der Waals surface area contributed by atoms with Crippen molar-refractivity contribution in [3.63, 3.8) is 0 Å². The largest absolute Gasteiger partial charge is 0.457 e. The van der Waals surface area contributed by atoms with Gasteiger partial charge in [0, 0.05) is 17.4 Å². The number of sulfone groups is 1. The van der Waals surface area contributed by atoms with Gasteiger partial charge in [-0.1, -0.05) is 43.8 Å². The molecular weight excluding hydrogens is 420 g/mol. The fourth-order valence-electron chi connectivity index (χ4n) is 3.67. The molecule has 8 heteroatoms. The normalized spacial score (nSPS) is 23.7. The number of fused-ring (bicyclic) bond motifs is 1. The van der Waals surface area contributed by atoms with Crippen molar-refractivity contribution >= 4 is 38.4 Å². The lowest BCUT2D eigenvalue weighted by Gasteiger charge is -2.24. The molecule has 2 heterocycles. The van der Waals surface area contributed by atoms with Gasteiger partial charge in [-0.2, -0.15) is 4.99 Å². The van der Waals surface area contributed by atoms with Crippen molar-refractivity contribution in [2.24, 2.45) is 10.9 Å². The summed E-state index contributed by atoms with van der Waals surface area (Å²) in [5, 5.41) is 0.475. The number of carbonyl (C=O) groups is 1. The number of anilines is 1. The highest BCUT2D eigenvalue weighted by Crippen LogP contribution is 2.41. The molecule has 4 rings (SSSR count). The number of carbonyl (C=O) groups excluding carboxylic acids is 1. The smallest absolute Gasteiger partial charge is 0.248 e. The molecule has 2 aromatic carbocycles. The van der Waals surface area contributed by atoms with Crippen molar-refractivity contribution in [3.05, 3.63) is 54.6 Å². The summed E-state index contributed by atoms with van der Waals surface area (Å²) < 4.78 is 30.2. The minimum atomic E-state index is -3.09. The van der Waals surface area contributed by atoms with Crippen LogP contribution in [-0.2, 0) is 14.6 Å². The van der Waals surface area contributed by atoms with Gasteiger partial charge in [0.05, 0.1) is 17.5 Å². The summed E-state index contributed by atoms with van der Waals surface area (Å²) in [4.78, 5) is 18.6. The van der Waals surface area contributed by atoms with E-state index in [0.717, 1.165) is 11.4 Å². The second kappa shape index (κ2) is 8.43. The fraction of sp³-hybridized carbons (Fsp3) is 0.364. The second-order valence-corrected chi connectivity index (χ2v) is 11.3. The first-order valence-electron chi connectivity index (χ1n) is 9.91. The highest BCUT2D eigenvalue weighted by Gasteiger charge is 2.49. The predicted octanol–water partition coefficient (Wildman–Crippen LogP) is 4.13. The molecule has 0 saturated carbocycles. The minimum absolute atomic E-state index is 0.0737. The van der Waals surface area contributed by atoms with Crippen molar-refractivity contribution in [1.82, 2.24) is 0 Å². The van der Waals surface area contributed by atoms with Gasteiger partial charge in [0.2, 0.25) is 5.91 Å². The number of benzene rings is 2. The van der Waals surface area contributed by atoms with Crippen LogP contribution in [0.5, 0.6) is 11.5 Å². The van der Waals surface area contributed by atoms with E-state index >= 15 is 0 Å². The molecule has 2 aromatic rings. The Morgan fingerprint density at radius 3 is 2.43 bits per heavy atom. The second-order valence-electron chi connectivity index (χ2n) is 7.97. The first-order valence-corrected chi connectivity index (χ1v) is 12.6. The SMILES string of the molecule is CC(C)CC(=O)N=C1S[C@@H]2CS(=O)(=O)C[C@H]2N1c1ccc(Oc2ccccc2)cc1. The first kappa shape index (κ1) is 20.9. The molecule has 2 fully saturated rings. The van der Waals surface area contributed by atoms with E-state index in [1.165, 1.54) is 11.8 Å². The van der Waals surface area contributed by atoms with Crippen LogP contribution in [-0.4, -0.2) is 42.3 Å². The average molecular weight is 445 g/mol. The van der Waals surface area contributed by atoms with Crippen molar-refractivity contribution in [2.45, 2.75) is 31.6 Å². The number of amides is 1. The molecule has 0 spiro atoms. The van der Waals surface area contributed by atoms with Gasteiger partial charge in [-0.3, -0.25) is 4.79 Å². The Morgan fingerprint density at radius 1 is 1.10 bits per heavy atom. The Bertz CT molecular complexity index is 1050. The Kier molecular flexibility index (Phi) is 5.88. The molecule has 30 heavy (non-hydrogen) atoms. The third kappa shape index (κ3) is 4.70. The van der Waals surface area contributed by atoms with Crippen molar-refractivity contribution in [1.29, 1.82) is 0 Å². The number of hydrogen-bond donors (Lipinski definition) is 0. The van der Waals surface area contributed by atoms with Gasteiger partial charge >= 0.3 is 0 Å². The highest BCUT2D eigenvalue weighted by molar-refractivity contribution is 8.16. The van der Waals surface area contributed by atoms with Gasteiger partial charge in [0.1, 0.15) is 11.5 Å². The Morgan fingerprint density at radius 2 is 1.77 bits per heavy atom. The van der Waals surface area contributed by atoms with E-state index in [1.54, 1.807) is 0 Å². The van der Waals surface area contributed by atoms with Gasteiger partial charge in [0.25, 0.3) is 0 Å². The quantitative estimate of drug-likeness (QED) is 0.690. The number of hydrogen-bond acceptors (Lipinski definition) is 5. The number of ether oxygens (including phenoxy) is 1. The van der Waals surface area contributed by atoms with Crippen LogP contribution in [0.3, 0.4) is 0 Å². The molecule has 0 radical (unpaired) electrons. The summed E-state index contributed by atoms with van der Waals surface area (Å²) in [6.45, 7) is 3.95. The van der Waals surface area contributed by atoms with E-state index in [-0.39, 0.29) is 34.6 Å². The van der Waals surface area contributed by atoms with E-state index in [9.17, 15) is 13.2 Å². The molecule has 0 aromatic heterocycles. The maximum atomic E-state index is 12.3. The van der Waals surface area contributed by atoms with Crippen LogP contribution in [0.4, 0.5) is 5.69 Å². The third-order valence-corrected chi connectivity index (χ3v) is 8.17. The third-order valence-electron chi connectivity index (χ3n) is 4.96. The number of nitrogens with zero attached hydrogens (tertiary/aromatic N) is 2. The molecular formula is C22H24N2O4S2. The molecule has 0 bridgehead atoms. The van der Waals surface area contributed by atoms with Gasteiger partial charge < -0.3 is 9.64 Å². The molecule has 158 valence electrons. The maximum absolute atomic E-state index is 12.3. The number of rotatable bonds is 5. The molecule has 0 N–H and O–H groups in total. The van der Waals surface area contributed by atoms with E-state index in [1.807, 2.05) is 73.3 Å². The van der Waals surface area contributed by atoms with Gasteiger partial charge in [0.15, 0.2) is 15.0 Å². The lowest BCUT2D eigenvalue weighted by atomic mass is 10.1. The van der Waals surface area contributed by atoms with Gasteiger partial charge in [-0.05, 0) is 42.3 Å². The van der Waals surface area contributed by atoms with E-state index in [0.29, 0.717) is 17.3 Å². The molecule has 0 aliphatic carbocycles. The Hall–Kier alpha value is -2.32. The van der Waals surface area contributed by atoms with Crippen LogP contribution < -0.4 is 9.64 Å². The number of aliphatic imine (C=N–C) groups is 1. The Balaban J connectivity index is 1.60. The first-order chi connectivity index (χ1) is 14.3. The summed E-state index contributed by atoms with van der Waals surface area (Å²) in [5.74, 6) is 1.66. The van der Waals surface area contributed by atoms with Crippen LogP contribution in [0.25, 0.3) is 0 Å². The van der Waals surface area contributed by atoms with Crippen molar-refractivity contribution in [2.75, 3.05) is 16.4 Å². The van der Waals surface area contributed by atoms with Crippen LogP contribution >= 0.6 is 11.8 Å². The monoisotopic (exact) mass is 444 g/mol. The number of amidine groups is 1. The summed E-state index contributed by atoms with van der Waals surface area (Å²) in [7, 11) is -3.09. The zero-order valence-corrected chi connectivity index (χ0v) is 18.5. The fourth-order valence-corrected chi connectivity index (χ4v) is 7.60. The summed E-state index contributed by atoms with van der Waals surface area (Å²) in [5.41, 5.74) is 0.809. The molecule has 2 aliphatic heterocycles. The van der Waals surface area contributed by atoms with E-state index < -0.39 is 9.84 Å². The molecule has 0 unspecified atom stereocenters. The molecule has 2 atom stereocenters. The summed E-state index contributed by atoms with van der Waals surface area (Å²) in [6, 6.07) is 16.7. The molecule has 6 nitrogen and oxygen atoms in total. The minimum Gasteiger partial charge on any atom is -0.457 e. The lowest BCUT2D eigenvalue weighted by molar-refractivity contribution is -0.118. The number of para-hydroxylation sites is 1. The van der Waals surface area contributed by atoms with Crippen molar-refractivity contribution < 1.29 is 17.9 Å². The molecule has 1 amide bonds. The van der Waals surface area contributed by atoms with Crippen LogP contribution in [0.2, 0.25) is 0 Å². The number of thioether (sulfide) groups is 1. The molecule has 2 saturated heterocycles. The lowest BCUT2D eigenvalue weighted by Crippen LogP contribution is -2.37. The zero-order valence-electron chi connectivity index (χ0n) is 16.9. The summed E-state index contributed by atoms with van der Waals surface area (Å²) >= 11 is 1.39. The van der Waals surface area contributed by atoms with Crippen molar-refractivity contribution in [3.8, 4) is 11.5 Å². The highest BCUT2D eigenvalue weighted by atomic mass is 32.2. The van der Waals surface area contributed by atoms with Crippen LogP contribution in [0, 0.1) is 5.92 Å². The topological polar surface area (TPSA) is 76.0 Å². The molecule has 2 aliphatic rings. The van der Waals surface area contributed by atoms with Gasteiger partial charge in [-0.25, -0.2) is 8.42 Å². The predicted molar refractivity (Wildman–Crippen MR) is 121 cm³/mol. The van der Waals surface area contributed by atoms with E-state index in [4.69, 9.17) is 4.74 Å². The zero-order chi connectivity index (χ0) is 21.3. The average Bonchev–Trinajstić information content (AvgIpc) is 3.13. The van der Waals surface area contributed by atoms with E-state index in [2.05, 4.69) is 4.99 Å². The Labute approximate surface area is 181 Å². The summed E-state index contributed by atoms with van der Waals surface area (Å²) in [6.07, 6.45) is 0.370. The van der Waals surface area contributed by atoms with Gasteiger partial charge in [-0.15, -0.1) is 0 Å². The maximum Gasteiger partial charge on any atom is 0.248 e. The van der Waals surface area contributed by atoms with Crippen LogP contribution in [0.15, 0.2) is 59.6 Å².